The molecule has 0 bridgehead atoms. The Hall–Kier alpha value is -6.18. The van der Waals surface area contributed by atoms with Gasteiger partial charge >= 0.3 is 0 Å². The Balaban J connectivity index is 1.32. The highest BCUT2D eigenvalue weighted by atomic mass is 15.1. The molecule has 1 aliphatic carbocycles. The summed E-state index contributed by atoms with van der Waals surface area (Å²) in [5.74, 6) is 0. The van der Waals surface area contributed by atoms with E-state index in [9.17, 15) is 0 Å². The van der Waals surface area contributed by atoms with E-state index in [0.717, 1.165) is 17.1 Å². The lowest BCUT2D eigenvalue weighted by molar-refractivity contribution is 0.660. The predicted octanol–water partition coefficient (Wildman–Crippen LogP) is 13.6. The summed E-state index contributed by atoms with van der Waals surface area (Å²) in [7, 11) is 0. The minimum absolute atomic E-state index is 0.122. The molecule has 1 aliphatic rings. The van der Waals surface area contributed by atoms with Crippen LogP contribution in [0.3, 0.4) is 0 Å². The van der Waals surface area contributed by atoms with E-state index in [1.54, 1.807) is 0 Å². The Bertz CT molecular complexity index is 2510. The number of benzene rings is 8. The van der Waals surface area contributed by atoms with Crippen molar-refractivity contribution < 1.29 is 0 Å². The summed E-state index contributed by atoms with van der Waals surface area (Å²) >= 11 is 0. The van der Waals surface area contributed by atoms with Crippen LogP contribution in [0.4, 0.5) is 17.1 Å². The molecule has 0 heterocycles. The highest BCUT2D eigenvalue weighted by molar-refractivity contribution is 6.06. The van der Waals surface area contributed by atoms with Gasteiger partial charge in [-0.2, -0.15) is 0 Å². The third kappa shape index (κ3) is 4.94. The molecule has 0 saturated carbocycles. The topological polar surface area (TPSA) is 3.24 Å². The number of hydrogen-bond acceptors (Lipinski definition) is 1. The van der Waals surface area contributed by atoms with Gasteiger partial charge in [-0.1, -0.05) is 172 Å². The SMILES string of the molecule is CC1(C)c2ccccc2-c2ccc(N(c3ccccc3-c3cccc(-c4ccccc4)c3)c3ccc4ccccc4c3-c3ccccc3)cc21. The van der Waals surface area contributed by atoms with Crippen LogP contribution in [-0.2, 0) is 5.41 Å². The fourth-order valence-electron chi connectivity index (χ4n) is 8.00. The number of rotatable bonds is 6. The molecule has 238 valence electrons. The van der Waals surface area contributed by atoms with Gasteiger partial charge in [0, 0.05) is 22.2 Å². The number of nitrogens with zero attached hydrogens (tertiary/aromatic N) is 1. The zero-order chi connectivity index (χ0) is 33.7. The van der Waals surface area contributed by atoms with Crippen LogP contribution in [-0.4, -0.2) is 0 Å². The summed E-state index contributed by atoms with van der Waals surface area (Å²) in [4.78, 5) is 2.50. The van der Waals surface area contributed by atoms with E-state index in [0.29, 0.717) is 0 Å². The zero-order valence-electron chi connectivity index (χ0n) is 28.3. The largest absolute Gasteiger partial charge is 0.309 e. The van der Waals surface area contributed by atoms with E-state index >= 15 is 0 Å². The van der Waals surface area contributed by atoms with Gasteiger partial charge in [-0.15, -0.1) is 0 Å². The second kappa shape index (κ2) is 12.1. The molecule has 0 radical (unpaired) electrons. The molecule has 1 heteroatoms. The average molecular weight is 640 g/mol. The molecule has 9 rings (SSSR count). The van der Waals surface area contributed by atoms with Crippen molar-refractivity contribution in [3.05, 3.63) is 199 Å². The summed E-state index contributed by atoms with van der Waals surface area (Å²) in [6, 6.07) is 68.7. The fourth-order valence-corrected chi connectivity index (χ4v) is 8.00. The Morgan fingerprint density at radius 1 is 0.380 bits per heavy atom. The van der Waals surface area contributed by atoms with Crippen LogP contribution in [0.5, 0.6) is 0 Å². The van der Waals surface area contributed by atoms with Crippen LogP contribution in [0, 0.1) is 0 Å². The van der Waals surface area contributed by atoms with E-state index in [1.165, 1.54) is 66.4 Å². The smallest absolute Gasteiger partial charge is 0.0546 e. The van der Waals surface area contributed by atoms with E-state index in [1.807, 2.05) is 0 Å². The van der Waals surface area contributed by atoms with Crippen LogP contribution < -0.4 is 4.90 Å². The third-order valence-electron chi connectivity index (χ3n) is 10.5. The van der Waals surface area contributed by atoms with Crippen LogP contribution in [0.1, 0.15) is 25.0 Å². The first-order valence-electron chi connectivity index (χ1n) is 17.4. The lowest BCUT2D eigenvalue weighted by atomic mass is 9.82. The van der Waals surface area contributed by atoms with E-state index in [4.69, 9.17) is 0 Å². The summed E-state index contributed by atoms with van der Waals surface area (Å²) in [6.07, 6.45) is 0. The number of fused-ring (bicyclic) bond motifs is 4. The second-order valence-electron chi connectivity index (χ2n) is 13.7. The van der Waals surface area contributed by atoms with Gasteiger partial charge in [0.1, 0.15) is 0 Å². The van der Waals surface area contributed by atoms with Gasteiger partial charge in [0.15, 0.2) is 0 Å². The quantitative estimate of drug-likeness (QED) is 0.175. The van der Waals surface area contributed by atoms with E-state index in [2.05, 4.69) is 207 Å². The second-order valence-corrected chi connectivity index (χ2v) is 13.7. The zero-order valence-corrected chi connectivity index (χ0v) is 28.3. The van der Waals surface area contributed by atoms with Crippen molar-refractivity contribution in [2.24, 2.45) is 0 Å². The summed E-state index contributed by atoms with van der Waals surface area (Å²) < 4.78 is 0. The molecule has 8 aromatic rings. The van der Waals surface area contributed by atoms with E-state index < -0.39 is 0 Å². The molecule has 0 unspecified atom stereocenters. The maximum absolute atomic E-state index is 2.50. The predicted molar refractivity (Wildman–Crippen MR) is 213 cm³/mol. The molecule has 0 saturated heterocycles. The lowest BCUT2D eigenvalue weighted by Gasteiger charge is -2.32. The highest BCUT2D eigenvalue weighted by Gasteiger charge is 2.36. The fraction of sp³-hybridized carbons (Fsp3) is 0.0612. The van der Waals surface area contributed by atoms with Crippen molar-refractivity contribution in [3.63, 3.8) is 0 Å². The van der Waals surface area contributed by atoms with Crippen molar-refractivity contribution in [3.8, 4) is 44.5 Å². The number of para-hydroxylation sites is 1. The molecule has 0 N–H and O–H groups in total. The lowest BCUT2D eigenvalue weighted by Crippen LogP contribution is -2.17. The summed E-state index contributed by atoms with van der Waals surface area (Å²) in [5.41, 5.74) is 15.9. The molecule has 1 nitrogen and oxygen atoms in total. The third-order valence-corrected chi connectivity index (χ3v) is 10.5. The minimum Gasteiger partial charge on any atom is -0.309 e. The van der Waals surface area contributed by atoms with Crippen LogP contribution in [0.15, 0.2) is 188 Å². The van der Waals surface area contributed by atoms with Gasteiger partial charge in [0.25, 0.3) is 0 Å². The number of anilines is 3. The molecule has 0 atom stereocenters. The maximum atomic E-state index is 2.50. The molecular formula is C49H37N. The van der Waals surface area contributed by atoms with Gasteiger partial charge in [-0.3, -0.25) is 0 Å². The first-order valence-corrected chi connectivity index (χ1v) is 17.4. The molecule has 0 amide bonds. The Kier molecular flexibility index (Phi) is 7.21. The monoisotopic (exact) mass is 639 g/mol. The first kappa shape index (κ1) is 29.9. The van der Waals surface area contributed by atoms with Crippen LogP contribution in [0.2, 0.25) is 0 Å². The van der Waals surface area contributed by atoms with Gasteiger partial charge in [0.2, 0.25) is 0 Å². The van der Waals surface area contributed by atoms with E-state index in [-0.39, 0.29) is 5.41 Å². The highest BCUT2D eigenvalue weighted by Crippen LogP contribution is 2.52. The maximum Gasteiger partial charge on any atom is 0.0546 e. The van der Waals surface area contributed by atoms with Gasteiger partial charge in [0.05, 0.1) is 11.4 Å². The van der Waals surface area contributed by atoms with Crippen molar-refractivity contribution in [1.29, 1.82) is 0 Å². The Labute approximate surface area is 294 Å². The minimum atomic E-state index is -0.122. The molecule has 8 aromatic carbocycles. The molecule has 50 heavy (non-hydrogen) atoms. The average Bonchev–Trinajstić information content (AvgIpc) is 3.41. The standard InChI is InChI=1S/C49H37N/c1-49(2)44-26-13-11-25-42(44)43-30-29-39(33-45(43)49)50(47-31-28-35-18-9-10-24-41(35)48(47)36-19-7-4-8-20-36)46-27-14-12-23-40(46)38-22-15-21-37(32-38)34-16-5-3-6-17-34/h3-33H,1-2H3. The van der Waals surface area contributed by atoms with Crippen LogP contribution >= 0.6 is 0 Å². The van der Waals surface area contributed by atoms with Crippen LogP contribution in [0.25, 0.3) is 55.3 Å². The van der Waals surface area contributed by atoms with Gasteiger partial charge < -0.3 is 4.90 Å². The van der Waals surface area contributed by atoms with Crippen molar-refractivity contribution in [1.82, 2.24) is 0 Å². The molecule has 0 aromatic heterocycles. The van der Waals surface area contributed by atoms with Gasteiger partial charge in [-0.05, 0) is 85.6 Å². The van der Waals surface area contributed by atoms with Crippen molar-refractivity contribution >= 4 is 27.8 Å². The summed E-state index contributed by atoms with van der Waals surface area (Å²) in [6.45, 7) is 4.72. The van der Waals surface area contributed by atoms with Crippen molar-refractivity contribution in [2.45, 2.75) is 19.3 Å². The van der Waals surface area contributed by atoms with Crippen molar-refractivity contribution in [2.75, 3.05) is 4.90 Å². The Morgan fingerprint density at radius 2 is 1.00 bits per heavy atom. The summed E-state index contributed by atoms with van der Waals surface area (Å²) in [5, 5.41) is 2.46. The first-order chi connectivity index (χ1) is 24.6. The normalized spacial score (nSPS) is 12.8. The number of hydrogen-bond donors (Lipinski definition) is 0. The molecular weight excluding hydrogens is 603 g/mol. The molecule has 0 spiro atoms. The molecule has 0 aliphatic heterocycles. The molecule has 0 fully saturated rings. The Morgan fingerprint density at radius 3 is 1.82 bits per heavy atom. The van der Waals surface area contributed by atoms with Gasteiger partial charge in [-0.25, -0.2) is 0 Å².